The number of aromatic nitrogens is 4. The third-order valence-corrected chi connectivity index (χ3v) is 4.71. The van der Waals surface area contributed by atoms with Crippen LogP contribution in [0.5, 0.6) is 11.5 Å². The van der Waals surface area contributed by atoms with Gasteiger partial charge in [0.05, 0.1) is 18.4 Å². The number of nitrogens with zero attached hydrogens (tertiary/aromatic N) is 4. The van der Waals surface area contributed by atoms with Gasteiger partial charge in [0.2, 0.25) is 5.89 Å². The first-order valence-electron chi connectivity index (χ1n) is 10.5. The van der Waals surface area contributed by atoms with Gasteiger partial charge in [0, 0.05) is 25.2 Å². The van der Waals surface area contributed by atoms with E-state index in [1.807, 2.05) is 12.1 Å². The molecule has 0 saturated heterocycles. The van der Waals surface area contributed by atoms with Crippen LogP contribution in [0.25, 0.3) is 12.2 Å². The zero-order valence-corrected chi connectivity index (χ0v) is 18.0. The highest BCUT2D eigenvalue weighted by molar-refractivity contribution is 5.66. The number of hydrogen-bond donors (Lipinski definition) is 0. The smallest absolute Gasteiger partial charge is 0.416 e. The predicted molar refractivity (Wildman–Crippen MR) is 118 cm³/mol. The highest BCUT2D eigenvalue weighted by atomic mass is 19.4. The van der Waals surface area contributed by atoms with Crippen LogP contribution in [0.3, 0.4) is 0 Å². The van der Waals surface area contributed by atoms with Gasteiger partial charge in [-0.15, -0.1) is 5.10 Å². The molecule has 7 nitrogen and oxygen atoms in total. The molecule has 0 aliphatic rings. The van der Waals surface area contributed by atoms with E-state index in [4.69, 9.17) is 13.9 Å². The van der Waals surface area contributed by atoms with Crippen molar-refractivity contribution in [2.45, 2.75) is 25.7 Å². The van der Waals surface area contributed by atoms with Crippen molar-refractivity contribution in [3.63, 3.8) is 0 Å². The van der Waals surface area contributed by atoms with Crippen molar-refractivity contribution in [2.75, 3.05) is 6.61 Å². The molecular weight excluding hydrogens is 449 g/mol. The van der Waals surface area contributed by atoms with Gasteiger partial charge >= 0.3 is 6.18 Å². The quantitative estimate of drug-likeness (QED) is 0.285. The second-order valence-corrected chi connectivity index (χ2v) is 7.26. The molecular formula is C24H21F3N4O3. The Morgan fingerprint density at radius 3 is 2.35 bits per heavy atom. The summed E-state index contributed by atoms with van der Waals surface area (Å²) in [5, 5.41) is 7.65. The summed E-state index contributed by atoms with van der Waals surface area (Å²) in [5.74, 6) is 1.72. The van der Waals surface area contributed by atoms with Gasteiger partial charge < -0.3 is 13.9 Å². The van der Waals surface area contributed by atoms with Crippen LogP contribution in [0, 0.1) is 0 Å². The number of halogens is 3. The van der Waals surface area contributed by atoms with Gasteiger partial charge in [-0.2, -0.15) is 13.2 Å². The zero-order valence-electron chi connectivity index (χ0n) is 18.0. The molecule has 0 amide bonds. The van der Waals surface area contributed by atoms with Crippen molar-refractivity contribution in [2.24, 2.45) is 0 Å². The summed E-state index contributed by atoms with van der Waals surface area (Å²) in [6, 6.07) is 12.1. The van der Waals surface area contributed by atoms with Gasteiger partial charge in [-0.3, -0.25) is 4.68 Å². The predicted octanol–water partition coefficient (Wildman–Crippen LogP) is 5.50. The van der Waals surface area contributed by atoms with E-state index in [1.165, 1.54) is 18.4 Å². The Bertz CT molecular complexity index is 1190. The molecule has 0 aliphatic carbocycles. The molecule has 34 heavy (non-hydrogen) atoms. The van der Waals surface area contributed by atoms with Crippen molar-refractivity contribution in [3.8, 4) is 11.5 Å². The minimum Gasteiger partial charge on any atom is -0.494 e. The van der Waals surface area contributed by atoms with Gasteiger partial charge in [-0.1, -0.05) is 17.3 Å². The average molecular weight is 470 g/mol. The minimum absolute atomic E-state index is 0.204. The van der Waals surface area contributed by atoms with E-state index in [9.17, 15) is 13.2 Å². The number of benzene rings is 2. The van der Waals surface area contributed by atoms with Crippen LogP contribution in [0.4, 0.5) is 13.2 Å². The van der Waals surface area contributed by atoms with Crippen LogP contribution >= 0.6 is 0 Å². The number of hydrogen-bond acceptors (Lipinski definition) is 6. The molecule has 0 atom stereocenters. The summed E-state index contributed by atoms with van der Waals surface area (Å²) in [6.07, 6.45) is 4.58. The van der Waals surface area contributed by atoms with E-state index in [0.29, 0.717) is 29.5 Å². The largest absolute Gasteiger partial charge is 0.494 e. The minimum atomic E-state index is -4.36. The van der Waals surface area contributed by atoms with Crippen molar-refractivity contribution in [3.05, 3.63) is 89.9 Å². The zero-order chi connectivity index (χ0) is 23.8. The summed E-state index contributed by atoms with van der Waals surface area (Å²) in [5.41, 5.74) is 0.494. The van der Waals surface area contributed by atoms with Crippen LogP contribution in [0.1, 0.15) is 29.1 Å². The van der Waals surface area contributed by atoms with Gasteiger partial charge in [-0.25, -0.2) is 4.98 Å². The highest BCUT2D eigenvalue weighted by Crippen LogP contribution is 2.29. The lowest BCUT2D eigenvalue weighted by molar-refractivity contribution is -0.137. The summed E-state index contributed by atoms with van der Waals surface area (Å²) in [7, 11) is 0. The third-order valence-electron chi connectivity index (χ3n) is 4.71. The second kappa shape index (κ2) is 10.7. The Morgan fingerprint density at radius 1 is 0.941 bits per heavy atom. The number of ether oxygens (including phenoxy) is 2. The number of alkyl halides is 3. The topological polar surface area (TPSA) is 75.2 Å². The number of aryl methyl sites for hydroxylation is 1. The maximum Gasteiger partial charge on any atom is 0.416 e. The molecule has 0 spiro atoms. The SMILES string of the molecule is FC(F)(F)c1ccc(/C=C/c2nc(COc3ccc(OCCCn4ccnn4)cc3)co2)cc1. The molecule has 2 aromatic heterocycles. The first-order chi connectivity index (χ1) is 16.5. The molecule has 4 aromatic rings. The van der Waals surface area contributed by atoms with Gasteiger partial charge in [-0.05, 0) is 48.0 Å². The lowest BCUT2D eigenvalue weighted by Crippen LogP contribution is -2.05. The number of oxazole rings is 1. The molecule has 10 heteroatoms. The van der Waals surface area contributed by atoms with Crippen molar-refractivity contribution in [1.82, 2.24) is 20.0 Å². The van der Waals surface area contributed by atoms with Gasteiger partial charge in [0.25, 0.3) is 0 Å². The van der Waals surface area contributed by atoms with Crippen molar-refractivity contribution >= 4 is 12.2 Å². The molecule has 0 saturated carbocycles. The maximum atomic E-state index is 12.6. The first kappa shape index (κ1) is 23.1. The Labute approximate surface area is 193 Å². The van der Waals surface area contributed by atoms with E-state index >= 15 is 0 Å². The molecule has 176 valence electrons. The van der Waals surface area contributed by atoms with E-state index in [0.717, 1.165) is 30.8 Å². The van der Waals surface area contributed by atoms with Crippen LogP contribution in [-0.4, -0.2) is 26.6 Å². The van der Waals surface area contributed by atoms with E-state index < -0.39 is 11.7 Å². The fourth-order valence-electron chi connectivity index (χ4n) is 2.97. The standard InChI is InChI=1S/C24H21F3N4O3/c25-24(26,27)19-5-2-18(3-6-19)4-11-23-29-20(17-34-23)16-33-22-9-7-21(8-10-22)32-15-1-13-31-14-12-28-30-31/h2-12,14,17H,1,13,15-16H2/b11-4+. The van der Waals surface area contributed by atoms with Crippen molar-refractivity contribution < 1.29 is 27.1 Å². The number of rotatable bonds is 10. The van der Waals surface area contributed by atoms with E-state index in [1.54, 1.807) is 41.4 Å². The Hall–Kier alpha value is -4.08. The van der Waals surface area contributed by atoms with E-state index in [2.05, 4.69) is 15.3 Å². The fourth-order valence-corrected chi connectivity index (χ4v) is 2.97. The summed E-state index contributed by atoms with van der Waals surface area (Å²) in [4.78, 5) is 4.29. The van der Waals surface area contributed by atoms with Crippen molar-refractivity contribution in [1.29, 1.82) is 0 Å². The molecule has 4 rings (SSSR count). The van der Waals surface area contributed by atoms with Crippen LogP contribution in [-0.2, 0) is 19.3 Å². The van der Waals surface area contributed by atoms with E-state index in [-0.39, 0.29) is 6.61 Å². The monoisotopic (exact) mass is 470 g/mol. The second-order valence-electron chi connectivity index (χ2n) is 7.26. The first-order valence-corrected chi connectivity index (χ1v) is 10.5. The molecule has 2 aromatic carbocycles. The lowest BCUT2D eigenvalue weighted by atomic mass is 10.1. The fraction of sp³-hybridized carbons (Fsp3) is 0.208. The third kappa shape index (κ3) is 6.71. The van der Waals surface area contributed by atoms with Gasteiger partial charge in [0.1, 0.15) is 30.1 Å². The Kier molecular flexibility index (Phi) is 7.26. The highest BCUT2D eigenvalue weighted by Gasteiger charge is 2.29. The summed E-state index contributed by atoms with van der Waals surface area (Å²) >= 11 is 0. The average Bonchev–Trinajstić information content (AvgIpc) is 3.52. The normalized spacial score (nSPS) is 11.7. The Balaban J connectivity index is 1.21. The van der Waals surface area contributed by atoms with Crippen LogP contribution in [0.15, 0.2) is 71.6 Å². The van der Waals surface area contributed by atoms with Crippen LogP contribution in [0.2, 0.25) is 0 Å². The Morgan fingerprint density at radius 2 is 1.68 bits per heavy atom. The molecule has 0 N–H and O–H groups in total. The molecule has 0 fully saturated rings. The van der Waals surface area contributed by atoms with Gasteiger partial charge in [0.15, 0.2) is 0 Å². The molecule has 0 aliphatic heterocycles. The van der Waals surface area contributed by atoms with Crippen LogP contribution < -0.4 is 9.47 Å². The summed E-state index contributed by atoms with van der Waals surface area (Å²) in [6.45, 7) is 1.50. The molecule has 2 heterocycles. The lowest BCUT2D eigenvalue weighted by Gasteiger charge is -2.08. The molecule has 0 radical (unpaired) electrons. The summed E-state index contributed by atoms with van der Waals surface area (Å²) < 4.78 is 56.4. The molecule has 0 bridgehead atoms. The maximum absolute atomic E-state index is 12.6. The molecule has 0 unspecified atom stereocenters.